The third-order valence-electron chi connectivity index (χ3n) is 5.49. The summed E-state index contributed by atoms with van der Waals surface area (Å²) in [6.07, 6.45) is -3.08. The van der Waals surface area contributed by atoms with Gasteiger partial charge in [0.15, 0.2) is 0 Å². The predicted molar refractivity (Wildman–Crippen MR) is 112 cm³/mol. The number of esters is 1. The first-order chi connectivity index (χ1) is 15.3. The molecule has 9 heteroatoms. The Morgan fingerprint density at radius 2 is 1.88 bits per heavy atom. The lowest BCUT2D eigenvalue weighted by atomic mass is 10.1. The Labute approximate surface area is 182 Å². The Balaban J connectivity index is 1.74. The number of benzene rings is 2. The van der Waals surface area contributed by atoms with Crippen molar-refractivity contribution in [2.45, 2.75) is 32.5 Å². The molecule has 2 heterocycles. The number of aromatic nitrogens is 2. The number of imidazole rings is 1. The van der Waals surface area contributed by atoms with Crippen molar-refractivity contribution in [1.82, 2.24) is 14.5 Å². The van der Waals surface area contributed by atoms with E-state index in [2.05, 4.69) is 4.98 Å². The van der Waals surface area contributed by atoms with E-state index in [4.69, 9.17) is 4.74 Å². The lowest BCUT2D eigenvalue weighted by molar-refractivity contribution is -0.137. The van der Waals surface area contributed by atoms with E-state index in [1.165, 1.54) is 12.1 Å². The summed E-state index contributed by atoms with van der Waals surface area (Å²) in [6, 6.07) is 9.80. The normalized spacial score (nSPS) is 14.4. The molecule has 3 aromatic rings. The van der Waals surface area contributed by atoms with Gasteiger partial charge in [-0.25, -0.2) is 9.78 Å². The third-order valence-corrected chi connectivity index (χ3v) is 5.49. The first kappa shape index (κ1) is 21.9. The fourth-order valence-electron chi connectivity index (χ4n) is 3.89. The smallest absolute Gasteiger partial charge is 0.416 e. The van der Waals surface area contributed by atoms with Gasteiger partial charge in [-0.2, -0.15) is 13.2 Å². The highest BCUT2D eigenvalue weighted by atomic mass is 19.4. The minimum Gasteiger partial charge on any atom is -0.462 e. The molecule has 1 aromatic heterocycles. The molecule has 1 aliphatic heterocycles. The fourth-order valence-corrected chi connectivity index (χ4v) is 3.89. The van der Waals surface area contributed by atoms with Crippen molar-refractivity contribution in [3.63, 3.8) is 0 Å². The van der Waals surface area contributed by atoms with Crippen LogP contribution in [0.1, 0.15) is 35.7 Å². The molecule has 0 N–H and O–H groups in total. The summed E-state index contributed by atoms with van der Waals surface area (Å²) in [5, 5.41) is 0. The summed E-state index contributed by atoms with van der Waals surface area (Å²) in [7, 11) is 0. The Hall–Kier alpha value is -3.36. The molecule has 1 aliphatic rings. The maximum atomic E-state index is 13.0. The Morgan fingerprint density at radius 3 is 2.50 bits per heavy atom. The number of carbonyl (C=O) groups excluding carboxylic acids is 2. The first-order valence-electron chi connectivity index (χ1n) is 10.4. The maximum absolute atomic E-state index is 13.0. The van der Waals surface area contributed by atoms with Gasteiger partial charge in [0.25, 0.3) is 0 Å². The summed E-state index contributed by atoms with van der Waals surface area (Å²) < 4.78 is 45.9. The van der Waals surface area contributed by atoms with E-state index in [0.29, 0.717) is 48.5 Å². The van der Waals surface area contributed by atoms with Crippen LogP contribution in [-0.2, 0) is 22.3 Å². The van der Waals surface area contributed by atoms with E-state index in [1.807, 2.05) is 4.57 Å². The first-order valence-corrected chi connectivity index (χ1v) is 10.4. The van der Waals surface area contributed by atoms with E-state index in [0.717, 1.165) is 24.1 Å². The minimum atomic E-state index is -4.43. The fraction of sp³-hybridized carbons (Fsp3) is 0.348. The lowest BCUT2D eigenvalue weighted by Gasteiger charge is -2.17. The summed E-state index contributed by atoms with van der Waals surface area (Å²) >= 11 is 0. The number of hydrogen-bond donors (Lipinski definition) is 0. The number of nitrogens with zero attached hydrogens (tertiary/aromatic N) is 3. The van der Waals surface area contributed by atoms with Crippen molar-refractivity contribution in [2.24, 2.45) is 0 Å². The molecule has 0 unspecified atom stereocenters. The number of carbonyl (C=O) groups is 2. The zero-order valence-corrected chi connectivity index (χ0v) is 17.5. The number of hydrogen-bond acceptors (Lipinski definition) is 4. The zero-order valence-electron chi connectivity index (χ0n) is 17.5. The second-order valence-electron chi connectivity index (χ2n) is 7.57. The van der Waals surface area contributed by atoms with Crippen LogP contribution in [0.5, 0.6) is 0 Å². The van der Waals surface area contributed by atoms with Gasteiger partial charge in [0.2, 0.25) is 5.91 Å². The topological polar surface area (TPSA) is 64.4 Å². The van der Waals surface area contributed by atoms with Gasteiger partial charge >= 0.3 is 12.1 Å². The maximum Gasteiger partial charge on any atom is 0.416 e. The molecule has 0 atom stereocenters. The average molecular weight is 445 g/mol. The summed E-state index contributed by atoms with van der Waals surface area (Å²) in [5.41, 5.74) is 1.37. The van der Waals surface area contributed by atoms with E-state index < -0.39 is 17.7 Å². The molecule has 1 fully saturated rings. The van der Waals surface area contributed by atoms with Gasteiger partial charge in [-0.05, 0) is 43.7 Å². The molecule has 32 heavy (non-hydrogen) atoms. The molecule has 1 amide bonds. The van der Waals surface area contributed by atoms with Crippen LogP contribution < -0.4 is 0 Å². The summed E-state index contributed by atoms with van der Waals surface area (Å²) in [5.74, 6) is 0.0965. The molecule has 0 radical (unpaired) electrons. The highest BCUT2D eigenvalue weighted by molar-refractivity contribution is 5.94. The monoisotopic (exact) mass is 445 g/mol. The summed E-state index contributed by atoms with van der Waals surface area (Å²) in [6.45, 7) is 3.54. The van der Waals surface area contributed by atoms with Crippen molar-refractivity contribution >= 4 is 22.9 Å². The largest absolute Gasteiger partial charge is 0.462 e. The van der Waals surface area contributed by atoms with E-state index in [-0.39, 0.29) is 12.5 Å². The van der Waals surface area contributed by atoms with Gasteiger partial charge in [-0.1, -0.05) is 12.1 Å². The highest BCUT2D eigenvalue weighted by Gasteiger charge is 2.30. The Bertz CT molecular complexity index is 1150. The van der Waals surface area contributed by atoms with Crippen LogP contribution in [0, 0.1) is 0 Å². The zero-order chi connectivity index (χ0) is 22.9. The number of rotatable bonds is 6. The van der Waals surface area contributed by atoms with Crippen LogP contribution in [0.2, 0.25) is 0 Å². The quantitative estimate of drug-likeness (QED) is 0.524. The lowest BCUT2D eigenvalue weighted by Crippen LogP contribution is -2.28. The molecule has 0 saturated carbocycles. The standard InChI is InChI=1S/C23H22F3N3O3/c1-2-32-22(31)16-7-10-19-18(14-16)27-21(15-5-8-17(9-6-15)23(24,25)26)29(19)13-12-28-11-3-4-20(28)30/h5-10,14H,2-4,11-13H2,1H3. The summed E-state index contributed by atoms with van der Waals surface area (Å²) in [4.78, 5) is 30.5. The van der Waals surface area contributed by atoms with Gasteiger partial charge < -0.3 is 14.2 Å². The number of halogens is 3. The molecule has 168 valence electrons. The second kappa shape index (κ2) is 8.64. The molecule has 6 nitrogen and oxygen atoms in total. The van der Waals surface area contributed by atoms with Crippen LogP contribution in [0.15, 0.2) is 42.5 Å². The molecular formula is C23H22F3N3O3. The van der Waals surface area contributed by atoms with Gasteiger partial charge in [-0.15, -0.1) is 0 Å². The van der Waals surface area contributed by atoms with E-state index >= 15 is 0 Å². The average Bonchev–Trinajstić information content (AvgIpc) is 3.34. The van der Waals surface area contributed by atoms with Crippen LogP contribution >= 0.6 is 0 Å². The number of ether oxygens (including phenoxy) is 1. The van der Waals surface area contributed by atoms with Gasteiger partial charge in [-0.3, -0.25) is 4.79 Å². The predicted octanol–water partition coefficient (Wildman–Crippen LogP) is 4.52. The van der Waals surface area contributed by atoms with Crippen LogP contribution in [0.25, 0.3) is 22.4 Å². The molecule has 2 aromatic carbocycles. The Kier molecular flexibility index (Phi) is 5.90. The van der Waals surface area contributed by atoms with Crippen LogP contribution in [0.3, 0.4) is 0 Å². The van der Waals surface area contributed by atoms with Crippen molar-refractivity contribution in [3.05, 3.63) is 53.6 Å². The molecule has 4 rings (SSSR count). The van der Waals surface area contributed by atoms with Gasteiger partial charge in [0.1, 0.15) is 5.82 Å². The van der Waals surface area contributed by atoms with Gasteiger partial charge in [0.05, 0.1) is 28.8 Å². The SMILES string of the molecule is CCOC(=O)c1ccc2c(c1)nc(-c1ccc(C(F)(F)F)cc1)n2CCN1CCCC1=O. The molecule has 1 saturated heterocycles. The van der Waals surface area contributed by atoms with E-state index in [9.17, 15) is 22.8 Å². The van der Waals surface area contributed by atoms with E-state index in [1.54, 1.807) is 30.0 Å². The van der Waals surface area contributed by atoms with Gasteiger partial charge in [0, 0.05) is 31.6 Å². The van der Waals surface area contributed by atoms with Crippen LogP contribution in [0.4, 0.5) is 13.2 Å². The molecule has 0 bridgehead atoms. The number of amides is 1. The number of likely N-dealkylation sites (tertiary alicyclic amines) is 1. The van der Waals surface area contributed by atoms with Crippen molar-refractivity contribution in [2.75, 3.05) is 19.7 Å². The molecular weight excluding hydrogens is 423 g/mol. The minimum absolute atomic E-state index is 0.0927. The second-order valence-corrected chi connectivity index (χ2v) is 7.57. The van der Waals surface area contributed by atoms with Crippen LogP contribution in [-0.4, -0.2) is 46.0 Å². The number of fused-ring (bicyclic) bond motifs is 1. The molecule has 0 spiro atoms. The highest BCUT2D eigenvalue weighted by Crippen LogP contribution is 2.32. The third kappa shape index (κ3) is 4.32. The van der Waals surface area contributed by atoms with Crippen molar-refractivity contribution in [3.8, 4) is 11.4 Å². The molecule has 0 aliphatic carbocycles. The van der Waals surface area contributed by atoms with Crippen molar-refractivity contribution < 1.29 is 27.5 Å². The van der Waals surface area contributed by atoms with Crippen molar-refractivity contribution in [1.29, 1.82) is 0 Å². The Morgan fingerprint density at radius 1 is 1.12 bits per heavy atom. The number of alkyl halides is 3.